The molecule has 0 heterocycles. The molecule has 4 nitrogen and oxygen atoms in total. The van der Waals surface area contributed by atoms with Crippen LogP contribution in [0.5, 0.6) is 0 Å². The molecule has 0 N–H and O–H groups in total. The summed E-state index contributed by atoms with van der Waals surface area (Å²) in [5.41, 5.74) is 1.63. The van der Waals surface area contributed by atoms with Crippen molar-refractivity contribution in [1.82, 2.24) is 4.90 Å². The fourth-order valence-electron chi connectivity index (χ4n) is 1.92. The molecule has 0 unspecified atom stereocenters. The predicted molar refractivity (Wildman–Crippen MR) is 92.4 cm³/mol. The minimum absolute atomic E-state index is 0. The normalized spacial score (nSPS) is 10.0. The van der Waals surface area contributed by atoms with E-state index in [9.17, 15) is 9.59 Å². The lowest BCUT2D eigenvalue weighted by molar-refractivity contribution is 0.0481. The van der Waals surface area contributed by atoms with Crippen molar-refractivity contribution >= 4 is 24.2 Å². The van der Waals surface area contributed by atoms with Gasteiger partial charge in [-0.3, -0.25) is 4.79 Å². The highest BCUT2D eigenvalue weighted by Crippen LogP contribution is 2.11. The number of carbonyl (C=O) groups excluding carboxylic acids is 2. The molecule has 0 aromatic heterocycles. The van der Waals surface area contributed by atoms with Crippen LogP contribution in [0, 0.1) is 0 Å². The summed E-state index contributed by atoms with van der Waals surface area (Å²) in [6.07, 6.45) is 0. The van der Waals surface area contributed by atoms with Crippen LogP contribution in [0.1, 0.15) is 26.3 Å². The van der Waals surface area contributed by atoms with Gasteiger partial charge in [-0.2, -0.15) is 0 Å². The van der Waals surface area contributed by atoms with Crippen LogP contribution in [0.25, 0.3) is 0 Å². The van der Waals surface area contributed by atoms with Crippen LogP contribution >= 0.6 is 12.4 Å². The van der Waals surface area contributed by atoms with Crippen LogP contribution in [-0.4, -0.2) is 43.9 Å². The van der Waals surface area contributed by atoms with E-state index in [-0.39, 0.29) is 24.2 Å². The average molecular weight is 334 g/mol. The minimum atomic E-state index is -0.374. The number of benzene rings is 2. The van der Waals surface area contributed by atoms with Gasteiger partial charge in [0, 0.05) is 17.7 Å². The van der Waals surface area contributed by atoms with Gasteiger partial charge in [-0.05, 0) is 26.2 Å². The molecule has 0 aliphatic heterocycles. The summed E-state index contributed by atoms with van der Waals surface area (Å²) in [6.45, 7) is 1.02. The van der Waals surface area contributed by atoms with Crippen molar-refractivity contribution in [3.63, 3.8) is 0 Å². The third kappa shape index (κ3) is 5.51. The Morgan fingerprint density at radius 1 is 0.870 bits per heavy atom. The molecule has 0 amide bonds. The lowest BCUT2D eigenvalue weighted by atomic mass is 10.0. The van der Waals surface area contributed by atoms with Gasteiger partial charge in [-0.15, -0.1) is 12.4 Å². The molecule has 122 valence electrons. The van der Waals surface area contributed by atoms with Gasteiger partial charge in [-0.1, -0.05) is 42.5 Å². The van der Waals surface area contributed by atoms with Gasteiger partial charge in [0.2, 0.25) is 0 Å². The Kier molecular flexibility index (Phi) is 7.45. The summed E-state index contributed by atoms with van der Waals surface area (Å²) in [5.74, 6) is -0.436. The van der Waals surface area contributed by atoms with Crippen LogP contribution in [0.2, 0.25) is 0 Å². The lowest BCUT2D eigenvalue weighted by Gasteiger charge is -2.10. The zero-order valence-corrected chi connectivity index (χ0v) is 14.0. The largest absolute Gasteiger partial charge is 0.461 e. The third-order valence-electron chi connectivity index (χ3n) is 3.19. The Morgan fingerprint density at radius 2 is 1.39 bits per heavy atom. The Balaban J connectivity index is 0.00000264. The van der Waals surface area contributed by atoms with Gasteiger partial charge in [0.15, 0.2) is 5.78 Å². The maximum absolute atomic E-state index is 12.3. The van der Waals surface area contributed by atoms with Crippen LogP contribution in [-0.2, 0) is 4.74 Å². The minimum Gasteiger partial charge on any atom is -0.461 e. The molecule has 0 radical (unpaired) electrons. The molecule has 0 spiro atoms. The van der Waals surface area contributed by atoms with E-state index in [1.165, 1.54) is 0 Å². The molecule has 2 aromatic carbocycles. The number of ether oxygens (including phenoxy) is 1. The van der Waals surface area contributed by atoms with E-state index in [2.05, 4.69) is 0 Å². The Labute approximate surface area is 142 Å². The van der Waals surface area contributed by atoms with E-state index in [1.807, 2.05) is 37.2 Å². The first-order valence-electron chi connectivity index (χ1n) is 7.09. The quantitative estimate of drug-likeness (QED) is 0.602. The SMILES string of the molecule is CN(C)CCOC(=O)c1ccc(C(=O)c2ccccc2)cc1.Cl. The summed E-state index contributed by atoms with van der Waals surface area (Å²) in [5, 5.41) is 0. The molecule has 0 saturated carbocycles. The number of hydrogen-bond donors (Lipinski definition) is 0. The maximum atomic E-state index is 12.3. The Morgan fingerprint density at radius 3 is 1.96 bits per heavy atom. The molecule has 2 rings (SSSR count). The van der Waals surface area contributed by atoms with Crippen molar-refractivity contribution < 1.29 is 14.3 Å². The average Bonchev–Trinajstić information content (AvgIpc) is 2.54. The second-order valence-corrected chi connectivity index (χ2v) is 5.21. The first-order valence-corrected chi connectivity index (χ1v) is 7.09. The standard InChI is InChI=1S/C18H19NO3.ClH/c1-19(2)12-13-22-18(21)16-10-8-15(9-11-16)17(20)14-6-4-3-5-7-14;/h3-11H,12-13H2,1-2H3;1H. The van der Waals surface area contributed by atoms with E-state index in [0.717, 1.165) is 0 Å². The number of likely N-dealkylation sites (N-methyl/N-ethyl adjacent to an activating group) is 1. The predicted octanol–water partition coefficient (Wildman–Crippen LogP) is 3.06. The zero-order valence-electron chi connectivity index (χ0n) is 13.2. The van der Waals surface area contributed by atoms with Crippen molar-refractivity contribution in [2.45, 2.75) is 0 Å². The molecule has 2 aromatic rings. The van der Waals surface area contributed by atoms with E-state index < -0.39 is 0 Å². The lowest BCUT2D eigenvalue weighted by Crippen LogP contribution is -2.20. The maximum Gasteiger partial charge on any atom is 0.338 e. The van der Waals surface area contributed by atoms with E-state index in [4.69, 9.17) is 4.74 Å². The third-order valence-corrected chi connectivity index (χ3v) is 3.19. The molecule has 23 heavy (non-hydrogen) atoms. The van der Waals surface area contributed by atoms with Gasteiger partial charge in [0.1, 0.15) is 6.61 Å². The van der Waals surface area contributed by atoms with Crippen molar-refractivity contribution in [2.75, 3.05) is 27.2 Å². The van der Waals surface area contributed by atoms with Gasteiger partial charge < -0.3 is 9.64 Å². The Bertz CT molecular complexity index is 639. The van der Waals surface area contributed by atoms with Crippen molar-refractivity contribution in [3.8, 4) is 0 Å². The molecule has 0 aliphatic rings. The number of nitrogens with zero attached hydrogens (tertiary/aromatic N) is 1. The molecule has 0 bridgehead atoms. The number of carbonyl (C=O) groups is 2. The van der Waals surface area contributed by atoms with Gasteiger partial charge in [0.25, 0.3) is 0 Å². The van der Waals surface area contributed by atoms with Crippen LogP contribution < -0.4 is 0 Å². The first-order chi connectivity index (χ1) is 10.6. The van der Waals surface area contributed by atoms with Crippen LogP contribution in [0.3, 0.4) is 0 Å². The monoisotopic (exact) mass is 333 g/mol. The molecule has 0 saturated heterocycles. The van der Waals surface area contributed by atoms with Crippen molar-refractivity contribution in [1.29, 1.82) is 0 Å². The molecule has 0 atom stereocenters. The zero-order chi connectivity index (χ0) is 15.9. The smallest absolute Gasteiger partial charge is 0.338 e. The fourth-order valence-corrected chi connectivity index (χ4v) is 1.92. The molecular formula is C18H20ClNO3. The van der Waals surface area contributed by atoms with Gasteiger partial charge in [0.05, 0.1) is 5.56 Å². The van der Waals surface area contributed by atoms with Crippen LogP contribution in [0.15, 0.2) is 54.6 Å². The summed E-state index contributed by atoms with van der Waals surface area (Å²) >= 11 is 0. The van der Waals surface area contributed by atoms with Crippen molar-refractivity contribution in [3.05, 3.63) is 71.3 Å². The van der Waals surface area contributed by atoms with Crippen molar-refractivity contribution in [2.24, 2.45) is 0 Å². The molecule has 0 fully saturated rings. The highest BCUT2D eigenvalue weighted by atomic mass is 35.5. The fraction of sp³-hybridized carbons (Fsp3) is 0.222. The number of esters is 1. The summed E-state index contributed by atoms with van der Waals surface area (Å²) < 4.78 is 5.16. The molecular weight excluding hydrogens is 314 g/mol. The number of rotatable bonds is 6. The number of halogens is 1. The van der Waals surface area contributed by atoms with E-state index >= 15 is 0 Å². The second kappa shape index (κ2) is 9.08. The van der Waals surface area contributed by atoms with Gasteiger partial charge >= 0.3 is 5.97 Å². The topological polar surface area (TPSA) is 46.6 Å². The first kappa shape index (κ1) is 18.9. The van der Waals surface area contributed by atoms with Crippen LogP contribution in [0.4, 0.5) is 0 Å². The molecule has 5 heteroatoms. The summed E-state index contributed by atoms with van der Waals surface area (Å²) in [4.78, 5) is 26.0. The molecule has 0 aliphatic carbocycles. The Hall–Kier alpha value is -2.17. The van der Waals surface area contributed by atoms with Gasteiger partial charge in [-0.25, -0.2) is 4.79 Å². The van der Waals surface area contributed by atoms with E-state index in [1.54, 1.807) is 36.4 Å². The number of ketones is 1. The highest BCUT2D eigenvalue weighted by molar-refractivity contribution is 6.09. The second-order valence-electron chi connectivity index (χ2n) is 5.21. The van der Waals surface area contributed by atoms with E-state index in [0.29, 0.717) is 29.8 Å². The summed E-state index contributed by atoms with van der Waals surface area (Å²) in [7, 11) is 3.83. The summed E-state index contributed by atoms with van der Waals surface area (Å²) in [6, 6.07) is 15.6. The number of hydrogen-bond acceptors (Lipinski definition) is 4. The highest BCUT2D eigenvalue weighted by Gasteiger charge is 2.11.